The minimum Gasteiger partial charge on any atom is -0.481 e. The molecular weight excluding hydrogens is 400 g/mol. The predicted octanol–water partition coefficient (Wildman–Crippen LogP) is -0.529. The van der Waals surface area contributed by atoms with Gasteiger partial charge in [-0.05, 0) is 18.9 Å². The lowest BCUT2D eigenvalue weighted by Gasteiger charge is -2.23. The Morgan fingerprint density at radius 2 is 2.14 bits per heavy atom. The number of nitrogens with zero attached hydrogens (tertiary/aromatic N) is 3. The van der Waals surface area contributed by atoms with Crippen LogP contribution in [-0.4, -0.2) is 92.7 Å². The second-order valence-corrected chi connectivity index (χ2v) is 9.09. The highest BCUT2D eigenvalue weighted by Crippen LogP contribution is 2.25. The number of nitrogens with one attached hydrogen (secondary N) is 1. The van der Waals surface area contributed by atoms with Gasteiger partial charge < -0.3 is 14.8 Å². The van der Waals surface area contributed by atoms with Crippen LogP contribution in [0.2, 0.25) is 0 Å². The zero-order chi connectivity index (χ0) is 21.0. The fourth-order valence-electron chi connectivity index (χ4n) is 3.66. The van der Waals surface area contributed by atoms with Crippen molar-refractivity contribution in [1.82, 2.24) is 19.5 Å². The van der Waals surface area contributed by atoms with E-state index in [1.165, 1.54) is 20.4 Å². The molecule has 3 heterocycles. The summed E-state index contributed by atoms with van der Waals surface area (Å²) in [6, 6.07) is 2.40. The minimum absolute atomic E-state index is 0.105. The van der Waals surface area contributed by atoms with Crippen LogP contribution in [0.3, 0.4) is 0 Å². The number of fused-ring (bicyclic) bond motifs is 1. The Hall–Kier alpha value is -2.24. The van der Waals surface area contributed by atoms with Crippen molar-refractivity contribution in [1.29, 1.82) is 0 Å². The van der Waals surface area contributed by atoms with Crippen molar-refractivity contribution >= 4 is 21.8 Å². The zero-order valence-electron chi connectivity index (χ0n) is 16.5. The molecule has 0 aliphatic carbocycles. The first-order valence-corrected chi connectivity index (χ1v) is 11.0. The molecule has 0 spiro atoms. The summed E-state index contributed by atoms with van der Waals surface area (Å²) in [6.07, 6.45) is 2.24. The summed E-state index contributed by atoms with van der Waals surface area (Å²) >= 11 is 0. The van der Waals surface area contributed by atoms with Crippen LogP contribution in [0.15, 0.2) is 18.3 Å². The van der Waals surface area contributed by atoms with E-state index in [2.05, 4.69) is 10.3 Å². The molecule has 2 fully saturated rings. The third-order valence-corrected chi connectivity index (χ3v) is 6.89. The van der Waals surface area contributed by atoms with Crippen molar-refractivity contribution in [2.24, 2.45) is 0 Å². The first-order chi connectivity index (χ1) is 13.9. The predicted molar refractivity (Wildman–Crippen MR) is 104 cm³/mol. The van der Waals surface area contributed by atoms with Crippen LogP contribution in [-0.2, 0) is 19.6 Å². The lowest BCUT2D eigenvalue weighted by atomic mass is 10.1. The number of carbonyl (C=O) groups excluding carboxylic acids is 2. The van der Waals surface area contributed by atoms with Gasteiger partial charge in [0.25, 0.3) is 11.8 Å². The standard InChI is InChI=1S/C18H26N4O6S/c1-27-8-3-6-22-18(24)15-10-14(12-21(15)7-9-29(22,25)26)20-17(23)13-4-5-16(28-2)19-11-13/h4-5,11,14-15H,3,6-10,12H2,1-2H3,(H,20,23)/t14-,15-/m0/s1. The van der Waals surface area contributed by atoms with E-state index in [1.807, 2.05) is 4.90 Å². The number of ether oxygens (including phenoxy) is 2. The lowest BCUT2D eigenvalue weighted by molar-refractivity contribution is -0.130. The normalized spacial score (nSPS) is 24.1. The monoisotopic (exact) mass is 426 g/mol. The average molecular weight is 426 g/mol. The van der Waals surface area contributed by atoms with Crippen LogP contribution >= 0.6 is 0 Å². The van der Waals surface area contributed by atoms with Gasteiger partial charge in [-0.2, -0.15) is 0 Å². The van der Waals surface area contributed by atoms with Crippen molar-refractivity contribution in [2.45, 2.75) is 24.9 Å². The number of sulfonamides is 1. The number of amides is 2. The van der Waals surface area contributed by atoms with E-state index in [-0.39, 0.29) is 30.8 Å². The van der Waals surface area contributed by atoms with Gasteiger partial charge in [0.1, 0.15) is 0 Å². The molecule has 2 aliphatic rings. The van der Waals surface area contributed by atoms with Gasteiger partial charge in [0.05, 0.1) is 24.5 Å². The number of pyridine rings is 1. The van der Waals surface area contributed by atoms with Gasteiger partial charge in [0, 0.05) is 51.7 Å². The summed E-state index contributed by atoms with van der Waals surface area (Å²) < 4.78 is 35.9. The minimum atomic E-state index is -3.64. The van der Waals surface area contributed by atoms with E-state index < -0.39 is 22.0 Å². The SMILES string of the molecule is COCCCN1C(=O)[C@@H]2C[C@H](NC(=O)c3ccc(OC)nc3)CN2CCS1(=O)=O. The molecule has 0 aromatic carbocycles. The van der Waals surface area contributed by atoms with Crippen molar-refractivity contribution in [3.63, 3.8) is 0 Å². The summed E-state index contributed by atoms with van der Waals surface area (Å²) in [6.45, 7) is 1.17. The third kappa shape index (κ3) is 4.85. The zero-order valence-corrected chi connectivity index (χ0v) is 17.4. The van der Waals surface area contributed by atoms with E-state index in [0.717, 1.165) is 4.31 Å². The van der Waals surface area contributed by atoms with E-state index in [4.69, 9.17) is 9.47 Å². The van der Waals surface area contributed by atoms with Crippen molar-refractivity contribution in [3.8, 4) is 5.88 Å². The number of rotatable bonds is 7. The molecule has 11 heteroatoms. The Morgan fingerprint density at radius 3 is 2.79 bits per heavy atom. The molecule has 3 rings (SSSR count). The van der Waals surface area contributed by atoms with E-state index in [9.17, 15) is 18.0 Å². The Labute approximate surface area is 170 Å². The van der Waals surface area contributed by atoms with Gasteiger partial charge in [0.2, 0.25) is 15.9 Å². The van der Waals surface area contributed by atoms with E-state index in [0.29, 0.717) is 37.4 Å². The van der Waals surface area contributed by atoms with Gasteiger partial charge in [-0.15, -0.1) is 0 Å². The fraction of sp³-hybridized carbons (Fsp3) is 0.611. The van der Waals surface area contributed by atoms with Crippen molar-refractivity contribution in [3.05, 3.63) is 23.9 Å². The molecule has 2 atom stereocenters. The number of carbonyl (C=O) groups is 2. The second kappa shape index (κ2) is 9.06. The van der Waals surface area contributed by atoms with Crippen LogP contribution in [0.25, 0.3) is 0 Å². The molecule has 0 unspecified atom stereocenters. The van der Waals surface area contributed by atoms with Gasteiger partial charge in [-0.25, -0.2) is 17.7 Å². The quantitative estimate of drug-likeness (QED) is 0.578. The van der Waals surface area contributed by atoms with Crippen LogP contribution in [0.1, 0.15) is 23.2 Å². The molecule has 0 saturated carbocycles. The molecule has 1 aromatic heterocycles. The molecule has 160 valence electrons. The largest absolute Gasteiger partial charge is 0.481 e. The smallest absolute Gasteiger partial charge is 0.253 e. The van der Waals surface area contributed by atoms with Crippen LogP contribution in [0, 0.1) is 0 Å². The molecule has 0 bridgehead atoms. The maximum Gasteiger partial charge on any atom is 0.253 e. The van der Waals surface area contributed by atoms with Gasteiger partial charge in [0.15, 0.2) is 0 Å². The first-order valence-electron chi connectivity index (χ1n) is 9.44. The lowest BCUT2D eigenvalue weighted by Crippen LogP contribution is -2.44. The maximum atomic E-state index is 12.9. The van der Waals surface area contributed by atoms with Crippen LogP contribution in [0.4, 0.5) is 0 Å². The number of hydrogen-bond acceptors (Lipinski definition) is 8. The highest BCUT2D eigenvalue weighted by Gasteiger charge is 2.45. The second-order valence-electron chi connectivity index (χ2n) is 7.08. The summed E-state index contributed by atoms with van der Waals surface area (Å²) in [5.41, 5.74) is 0.392. The topological polar surface area (TPSA) is 118 Å². The molecule has 29 heavy (non-hydrogen) atoms. The number of aromatic nitrogens is 1. The Bertz CT molecular complexity index is 844. The molecular formula is C18H26N4O6S. The maximum absolute atomic E-state index is 12.9. The average Bonchev–Trinajstić information content (AvgIpc) is 3.08. The van der Waals surface area contributed by atoms with Crippen LogP contribution < -0.4 is 10.1 Å². The Morgan fingerprint density at radius 1 is 1.34 bits per heavy atom. The summed E-state index contributed by atoms with van der Waals surface area (Å²) in [5.74, 6) is -0.428. The molecule has 1 aromatic rings. The van der Waals surface area contributed by atoms with Gasteiger partial charge in [-0.1, -0.05) is 0 Å². The molecule has 0 radical (unpaired) electrons. The van der Waals surface area contributed by atoms with E-state index >= 15 is 0 Å². The van der Waals surface area contributed by atoms with E-state index in [1.54, 1.807) is 12.1 Å². The third-order valence-electron chi connectivity index (χ3n) is 5.16. The molecule has 2 saturated heterocycles. The summed E-state index contributed by atoms with van der Waals surface area (Å²) in [5, 5.41) is 2.92. The molecule has 2 aliphatic heterocycles. The summed E-state index contributed by atoms with van der Waals surface area (Å²) in [4.78, 5) is 31.3. The Kier molecular flexibility index (Phi) is 6.70. The number of hydrogen-bond donors (Lipinski definition) is 1. The number of methoxy groups -OCH3 is 2. The van der Waals surface area contributed by atoms with Crippen molar-refractivity contribution < 1.29 is 27.5 Å². The van der Waals surface area contributed by atoms with Crippen LogP contribution in [0.5, 0.6) is 5.88 Å². The van der Waals surface area contributed by atoms with Gasteiger partial charge >= 0.3 is 0 Å². The Balaban J connectivity index is 1.66. The first kappa shape index (κ1) is 21.5. The fourth-order valence-corrected chi connectivity index (χ4v) is 5.15. The molecule has 2 amide bonds. The highest BCUT2D eigenvalue weighted by molar-refractivity contribution is 7.89. The highest BCUT2D eigenvalue weighted by atomic mass is 32.2. The van der Waals surface area contributed by atoms with Crippen molar-refractivity contribution in [2.75, 3.05) is 46.2 Å². The summed E-state index contributed by atoms with van der Waals surface area (Å²) in [7, 11) is -0.617. The molecule has 1 N–H and O–H groups in total. The molecule has 10 nitrogen and oxygen atoms in total. The van der Waals surface area contributed by atoms with Gasteiger partial charge in [-0.3, -0.25) is 14.5 Å².